The maximum absolute atomic E-state index is 13.3. The first kappa shape index (κ1) is 16.4. The Bertz CT molecular complexity index is 1140. The van der Waals surface area contributed by atoms with Crippen LogP contribution in [0, 0.1) is 13.8 Å². The molecule has 0 saturated carbocycles. The van der Waals surface area contributed by atoms with Gasteiger partial charge in [-0.3, -0.25) is 4.79 Å². The van der Waals surface area contributed by atoms with Crippen molar-refractivity contribution in [3.63, 3.8) is 0 Å². The van der Waals surface area contributed by atoms with Gasteiger partial charge in [-0.1, -0.05) is 43.8 Å². The van der Waals surface area contributed by atoms with E-state index in [0.29, 0.717) is 11.0 Å². The Morgan fingerprint density at radius 1 is 1.12 bits per heavy atom. The van der Waals surface area contributed by atoms with Gasteiger partial charge in [0.05, 0.1) is 11.1 Å². The maximum atomic E-state index is 13.3. The van der Waals surface area contributed by atoms with Gasteiger partial charge in [0, 0.05) is 10.1 Å². The average molecular weight is 371 g/mol. The molecule has 0 amide bonds. The van der Waals surface area contributed by atoms with Crippen molar-refractivity contribution in [2.24, 2.45) is 0 Å². The third-order valence-corrected chi connectivity index (χ3v) is 6.30. The molecule has 128 valence electrons. The molecule has 7 heteroatoms. The van der Waals surface area contributed by atoms with Gasteiger partial charge in [-0.05, 0) is 31.5 Å². The summed E-state index contributed by atoms with van der Waals surface area (Å²) in [6.45, 7) is 8.32. The van der Waals surface area contributed by atoms with Crippen molar-refractivity contribution >= 4 is 39.1 Å². The normalized spacial score (nSPS) is 11.9. The van der Waals surface area contributed by atoms with Crippen LogP contribution in [-0.2, 0) is 0 Å². The van der Waals surface area contributed by atoms with Crippen molar-refractivity contribution in [3.05, 3.63) is 51.1 Å². The van der Waals surface area contributed by atoms with Crippen molar-refractivity contribution in [2.45, 2.75) is 38.1 Å². The zero-order valence-electron chi connectivity index (χ0n) is 14.5. The van der Waals surface area contributed by atoms with E-state index < -0.39 is 0 Å². The van der Waals surface area contributed by atoms with Gasteiger partial charge in [0.1, 0.15) is 4.83 Å². The maximum Gasteiger partial charge on any atom is 0.268 e. The number of aromatic nitrogens is 4. The Morgan fingerprint density at radius 3 is 2.52 bits per heavy atom. The fourth-order valence-corrected chi connectivity index (χ4v) is 4.90. The highest BCUT2D eigenvalue weighted by Gasteiger charge is 2.22. The molecular formula is C18H18N4OS2. The lowest BCUT2D eigenvalue weighted by Gasteiger charge is -2.10. The standard InChI is InChI=1S/C18H18N4OS2/c1-10(2)24-18-20-19-17-21(13-8-6-5-7-9-13)15(23)14-11(3)12(4)25-16(14)22(17)18/h5-10H,1-4H3. The predicted molar refractivity (Wildman–Crippen MR) is 104 cm³/mol. The van der Waals surface area contributed by atoms with E-state index >= 15 is 0 Å². The Balaban J connectivity index is 2.21. The summed E-state index contributed by atoms with van der Waals surface area (Å²) in [6, 6.07) is 9.63. The van der Waals surface area contributed by atoms with Crippen molar-refractivity contribution in [2.75, 3.05) is 0 Å². The first-order valence-electron chi connectivity index (χ1n) is 8.11. The van der Waals surface area contributed by atoms with Gasteiger partial charge in [0.15, 0.2) is 5.16 Å². The van der Waals surface area contributed by atoms with Crippen LogP contribution in [0.4, 0.5) is 0 Å². The first-order chi connectivity index (χ1) is 12.0. The highest BCUT2D eigenvalue weighted by molar-refractivity contribution is 7.99. The van der Waals surface area contributed by atoms with Gasteiger partial charge in [-0.2, -0.15) is 0 Å². The van der Waals surface area contributed by atoms with Crippen LogP contribution in [-0.4, -0.2) is 24.4 Å². The monoisotopic (exact) mass is 370 g/mol. The fraction of sp³-hybridized carbons (Fsp3) is 0.278. The Morgan fingerprint density at radius 2 is 1.84 bits per heavy atom. The van der Waals surface area contributed by atoms with Crippen molar-refractivity contribution in [3.8, 4) is 5.69 Å². The van der Waals surface area contributed by atoms with E-state index in [2.05, 4.69) is 31.0 Å². The molecular weight excluding hydrogens is 352 g/mol. The molecule has 4 aromatic rings. The molecule has 0 aliphatic carbocycles. The molecule has 0 saturated heterocycles. The zero-order valence-corrected chi connectivity index (χ0v) is 16.1. The number of thioether (sulfide) groups is 1. The van der Waals surface area contributed by atoms with E-state index in [1.807, 2.05) is 41.7 Å². The van der Waals surface area contributed by atoms with Crippen LogP contribution in [0.1, 0.15) is 24.3 Å². The number of rotatable bonds is 3. The molecule has 0 atom stereocenters. The summed E-state index contributed by atoms with van der Waals surface area (Å²) < 4.78 is 3.69. The van der Waals surface area contributed by atoms with E-state index in [0.717, 1.165) is 31.5 Å². The lowest BCUT2D eigenvalue weighted by atomic mass is 10.2. The van der Waals surface area contributed by atoms with Gasteiger partial charge in [0.2, 0.25) is 5.78 Å². The van der Waals surface area contributed by atoms with Gasteiger partial charge in [-0.15, -0.1) is 21.5 Å². The number of hydrogen-bond donors (Lipinski definition) is 0. The summed E-state index contributed by atoms with van der Waals surface area (Å²) in [6.07, 6.45) is 0. The number of aryl methyl sites for hydroxylation is 2. The van der Waals surface area contributed by atoms with E-state index in [1.54, 1.807) is 27.7 Å². The summed E-state index contributed by atoms with van der Waals surface area (Å²) in [7, 11) is 0. The van der Waals surface area contributed by atoms with E-state index in [9.17, 15) is 4.79 Å². The van der Waals surface area contributed by atoms with E-state index in [-0.39, 0.29) is 5.56 Å². The lowest BCUT2D eigenvalue weighted by Crippen LogP contribution is -2.21. The van der Waals surface area contributed by atoms with Crippen LogP contribution in [0.3, 0.4) is 0 Å². The van der Waals surface area contributed by atoms with Crippen molar-refractivity contribution in [1.29, 1.82) is 0 Å². The third kappa shape index (κ3) is 2.49. The SMILES string of the molecule is Cc1sc2c(c1C)c(=O)n(-c1ccccc1)c1nnc(SC(C)C)n21. The average Bonchev–Trinajstić information content (AvgIpc) is 3.10. The molecule has 5 nitrogen and oxygen atoms in total. The second-order valence-electron chi connectivity index (χ2n) is 6.22. The largest absolute Gasteiger partial charge is 0.268 e. The predicted octanol–water partition coefficient (Wildman–Crippen LogP) is 4.21. The molecule has 0 N–H and O–H groups in total. The Kier molecular flexibility index (Phi) is 3.92. The topological polar surface area (TPSA) is 52.2 Å². The Hall–Kier alpha value is -2.12. The lowest BCUT2D eigenvalue weighted by molar-refractivity contribution is 0.926. The van der Waals surface area contributed by atoms with Gasteiger partial charge >= 0.3 is 0 Å². The zero-order chi connectivity index (χ0) is 17.7. The summed E-state index contributed by atoms with van der Waals surface area (Å²) >= 11 is 3.28. The van der Waals surface area contributed by atoms with E-state index in [4.69, 9.17) is 0 Å². The second kappa shape index (κ2) is 6.00. The van der Waals surface area contributed by atoms with Gasteiger partial charge < -0.3 is 0 Å². The third-order valence-electron chi connectivity index (χ3n) is 4.16. The highest BCUT2D eigenvalue weighted by Crippen LogP contribution is 2.32. The van der Waals surface area contributed by atoms with Crippen LogP contribution >= 0.6 is 23.1 Å². The summed E-state index contributed by atoms with van der Waals surface area (Å²) in [5, 5.41) is 10.7. The van der Waals surface area contributed by atoms with Crippen LogP contribution < -0.4 is 5.56 Å². The van der Waals surface area contributed by atoms with Crippen LogP contribution in [0.25, 0.3) is 21.7 Å². The molecule has 3 aromatic heterocycles. The first-order valence-corrected chi connectivity index (χ1v) is 9.80. The second-order valence-corrected chi connectivity index (χ2v) is 8.97. The molecule has 0 fully saturated rings. The molecule has 1 aromatic carbocycles. The molecule has 4 rings (SSSR count). The van der Waals surface area contributed by atoms with Crippen molar-refractivity contribution < 1.29 is 0 Å². The van der Waals surface area contributed by atoms with Crippen molar-refractivity contribution in [1.82, 2.24) is 19.2 Å². The minimum absolute atomic E-state index is 0.0379. The van der Waals surface area contributed by atoms with Gasteiger partial charge in [0.25, 0.3) is 5.56 Å². The number of nitrogens with zero attached hydrogens (tertiary/aromatic N) is 4. The van der Waals surface area contributed by atoms with Crippen LogP contribution in [0.2, 0.25) is 0 Å². The number of para-hydroxylation sites is 1. The summed E-state index contributed by atoms with van der Waals surface area (Å²) in [5.74, 6) is 0.563. The van der Waals surface area contributed by atoms with Gasteiger partial charge in [-0.25, -0.2) is 8.97 Å². The fourth-order valence-electron chi connectivity index (χ4n) is 2.90. The molecule has 0 aliphatic heterocycles. The van der Waals surface area contributed by atoms with Crippen LogP contribution in [0.5, 0.6) is 0 Å². The minimum Gasteiger partial charge on any atom is -0.268 e. The van der Waals surface area contributed by atoms with E-state index in [1.165, 1.54) is 0 Å². The summed E-state index contributed by atoms with van der Waals surface area (Å²) in [4.78, 5) is 15.4. The minimum atomic E-state index is -0.0379. The smallest absolute Gasteiger partial charge is 0.268 e. The number of thiophene rings is 1. The molecule has 0 aliphatic rings. The molecule has 0 unspecified atom stereocenters. The van der Waals surface area contributed by atoms with Crippen LogP contribution in [0.15, 0.2) is 40.3 Å². The Labute approximate surface area is 153 Å². The molecule has 25 heavy (non-hydrogen) atoms. The molecule has 3 heterocycles. The molecule has 0 bridgehead atoms. The number of benzene rings is 1. The number of fused-ring (bicyclic) bond motifs is 3. The molecule has 0 radical (unpaired) electrons. The summed E-state index contributed by atoms with van der Waals surface area (Å²) in [5.41, 5.74) is 1.80. The number of hydrogen-bond acceptors (Lipinski definition) is 5. The molecule has 0 spiro atoms. The highest BCUT2D eigenvalue weighted by atomic mass is 32.2. The quantitative estimate of drug-likeness (QED) is 0.507.